The maximum atomic E-state index is 12.4. The van der Waals surface area contributed by atoms with Crippen LogP contribution in [0.15, 0.2) is 46.3 Å². The number of fused-ring (bicyclic) bond motifs is 1. The number of aryl methyl sites for hydroxylation is 1. The molecule has 0 aliphatic carbocycles. The van der Waals surface area contributed by atoms with Gasteiger partial charge in [-0.05, 0) is 36.8 Å². The van der Waals surface area contributed by atoms with Crippen LogP contribution in [-0.2, 0) is 21.2 Å². The first kappa shape index (κ1) is 23.7. The van der Waals surface area contributed by atoms with Gasteiger partial charge in [-0.3, -0.25) is 15.0 Å². The second-order valence-corrected chi connectivity index (χ2v) is 9.29. The molecule has 32 heavy (non-hydrogen) atoms. The highest BCUT2D eigenvalue weighted by Crippen LogP contribution is 2.24. The minimum atomic E-state index is -4.89. The van der Waals surface area contributed by atoms with Gasteiger partial charge in [0.2, 0.25) is 15.9 Å². The zero-order chi connectivity index (χ0) is 23.5. The second-order valence-electron chi connectivity index (χ2n) is 6.41. The van der Waals surface area contributed by atoms with E-state index in [1.54, 1.807) is 6.07 Å². The third-order valence-electron chi connectivity index (χ3n) is 4.11. The van der Waals surface area contributed by atoms with Gasteiger partial charge in [-0.1, -0.05) is 6.92 Å². The Labute approximate surface area is 183 Å². The number of thiophene rings is 1. The summed E-state index contributed by atoms with van der Waals surface area (Å²) < 4.78 is 67.8. The third-order valence-corrected chi connectivity index (χ3v) is 6.77. The average molecular weight is 490 g/mol. The zero-order valence-corrected chi connectivity index (χ0v) is 18.1. The molecule has 2 aromatic heterocycles. The molecule has 0 fully saturated rings. The first-order chi connectivity index (χ1) is 15.0. The molecule has 172 valence electrons. The normalized spacial score (nSPS) is 12.1. The minimum Gasteiger partial charge on any atom is -0.406 e. The Kier molecular flexibility index (Phi) is 6.85. The fraction of sp³-hybridized carbons (Fsp3) is 0.278. The van der Waals surface area contributed by atoms with E-state index in [-0.39, 0.29) is 17.9 Å². The van der Waals surface area contributed by atoms with Crippen molar-refractivity contribution in [3.63, 3.8) is 0 Å². The molecule has 0 spiro atoms. The van der Waals surface area contributed by atoms with Gasteiger partial charge >= 0.3 is 6.36 Å². The van der Waals surface area contributed by atoms with Crippen LogP contribution in [0.2, 0.25) is 0 Å². The van der Waals surface area contributed by atoms with Crippen LogP contribution >= 0.6 is 11.3 Å². The van der Waals surface area contributed by atoms with E-state index >= 15 is 0 Å². The maximum Gasteiger partial charge on any atom is 0.573 e. The number of nitrogens with zero attached hydrogens (tertiary/aromatic N) is 2. The topological polar surface area (TPSA) is 119 Å². The lowest BCUT2D eigenvalue weighted by molar-refractivity contribution is -0.274. The van der Waals surface area contributed by atoms with E-state index in [4.69, 9.17) is 0 Å². The van der Waals surface area contributed by atoms with Crippen LogP contribution < -0.4 is 20.4 Å². The van der Waals surface area contributed by atoms with Gasteiger partial charge in [0.1, 0.15) is 16.9 Å². The Hall–Kier alpha value is -2.97. The van der Waals surface area contributed by atoms with Crippen molar-refractivity contribution in [2.24, 2.45) is 0 Å². The Bertz CT molecular complexity index is 1280. The number of aromatic nitrogens is 2. The Morgan fingerprint density at radius 3 is 2.56 bits per heavy atom. The lowest BCUT2D eigenvalue weighted by Crippen LogP contribution is -2.35. The monoisotopic (exact) mass is 490 g/mol. The predicted octanol–water partition coefficient (Wildman–Crippen LogP) is 2.36. The van der Waals surface area contributed by atoms with Gasteiger partial charge in [0, 0.05) is 17.8 Å². The number of carbonyl (C=O) groups is 1. The van der Waals surface area contributed by atoms with E-state index in [1.165, 1.54) is 17.7 Å². The molecule has 3 aromatic rings. The fourth-order valence-electron chi connectivity index (χ4n) is 2.62. The maximum absolute atomic E-state index is 12.4. The number of benzene rings is 1. The number of hydrogen-bond acceptors (Lipinski definition) is 7. The minimum absolute atomic E-state index is 0.303. The number of sulfonamides is 1. The Morgan fingerprint density at radius 1 is 1.25 bits per heavy atom. The second kappa shape index (κ2) is 9.26. The van der Waals surface area contributed by atoms with Crippen LogP contribution in [0.3, 0.4) is 0 Å². The molecule has 1 amide bonds. The number of amides is 1. The largest absolute Gasteiger partial charge is 0.573 e. The number of alkyl halides is 3. The van der Waals surface area contributed by atoms with E-state index in [9.17, 15) is 31.2 Å². The highest BCUT2D eigenvalue weighted by atomic mass is 32.2. The van der Waals surface area contributed by atoms with Crippen molar-refractivity contribution in [2.45, 2.75) is 31.0 Å². The van der Waals surface area contributed by atoms with E-state index in [0.29, 0.717) is 10.2 Å². The molecular formula is C18H17F3N4O5S2. The molecule has 0 saturated heterocycles. The summed E-state index contributed by atoms with van der Waals surface area (Å²) in [6.45, 7) is 1.63. The molecule has 0 bridgehead atoms. The van der Waals surface area contributed by atoms with Gasteiger partial charge < -0.3 is 4.74 Å². The molecule has 3 rings (SSSR count). The lowest BCUT2D eigenvalue weighted by Gasteiger charge is -2.10. The molecular weight excluding hydrogens is 473 g/mol. The Balaban J connectivity index is 1.57. The molecule has 2 heterocycles. The molecule has 0 atom stereocenters. The highest BCUT2D eigenvalue weighted by Gasteiger charge is 2.31. The van der Waals surface area contributed by atoms with Crippen molar-refractivity contribution in [1.82, 2.24) is 14.4 Å². The van der Waals surface area contributed by atoms with Crippen LogP contribution in [0.4, 0.5) is 13.2 Å². The van der Waals surface area contributed by atoms with Gasteiger partial charge in [-0.2, -0.15) is 0 Å². The molecule has 0 saturated carbocycles. The zero-order valence-electron chi connectivity index (χ0n) is 16.5. The summed E-state index contributed by atoms with van der Waals surface area (Å²) in [6, 6.07) is 5.30. The highest BCUT2D eigenvalue weighted by molar-refractivity contribution is 7.89. The third kappa shape index (κ3) is 5.83. The lowest BCUT2D eigenvalue weighted by atomic mass is 10.3. The number of nitrogens with one attached hydrogen (secondary N) is 2. The summed E-state index contributed by atoms with van der Waals surface area (Å²) in [5.74, 6) is -1.21. The van der Waals surface area contributed by atoms with E-state index < -0.39 is 33.6 Å². The number of ether oxygens (including phenoxy) is 1. The standard InChI is InChI=1S/C18H17F3N4O5S2/c1-2-12-9-14-16(31-12)22-10-25(17(14)27)24-15(26)7-8-23-32(28,29)13-5-3-11(4-6-13)30-18(19,20)21/h3-6,9-10,23H,2,7-8H2,1H3,(H,24,26). The van der Waals surface area contributed by atoms with Crippen molar-refractivity contribution in [3.05, 3.63) is 51.9 Å². The molecule has 0 radical (unpaired) electrons. The van der Waals surface area contributed by atoms with Crippen LogP contribution in [0.25, 0.3) is 10.2 Å². The SMILES string of the molecule is CCc1cc2c(=O)n(NC(=O)CCNS(=O)(=O)c3ccc(OC(F)(F)F)cc3)cnc2s1. The summed E-state index contributed by atoms with van der Waals surface area (Å²) in [4.78, 5) is 29.9. The summed E-state index contributed by atoms with van der Waals surface area (Å²) in [5.41, 5.74) is 1.88. The number of hydrogen-bond donors (Lipinski definition) is 2. The van der Waals surface area contributed by atoms with Crippen molar-refractivity contribution in [3.8, 4) is 5.75 Å². The van der Waals surface area contributed by atoms with Crippen LogP contribution in [0.1, 0.15) is 18.2 Å². The molecule has 0 aliphatic heterocycles. The summed E-state index contributed by atoms with van der Waals surface area (Å²) in [5, 5.41) is 0.369. The number of rotatable bonds is 8. The molecule has 9 nitrogen and oxygen atoms in total. The quantitative estimate of drug-likeness (QED) is 0.500. The van der Waals surface area contributed by atoms with Crippen LogP contribution in [0, 0.1) is 0 Å². The van der Waals surface area contributed by atoms with Crippen molar-refractivity contribution >= 4 is 37.5 Å². The fourth-order valence-corrected chi connectivity index (χ4v) is 4.58. The molecule has 2 N–H and O–H groups in total. The van der Waals surface area contributed by atoms with Crippen molar-refractivity contribution in [1.29, 1.82) is 0 Å². The van der Waals surface area contributed by atoms with Gasteiger partial charge in [-0.25, -0.2) is 22.8 Å². The average Bonchev–Trinajstić information content (AvgIpc) is 3.13. The van der Waals surface area contributed by atoms with Crippen LogP contribution in [0.5, 0.6) is 5.75 Å². The molecule has 14 heteroatoms. The molecule has 1 aromatic carbocycles. The van der Waals surface area contributed by atoms with Crippen molar-refractivity contribution in [2.75, 3.05) is 12.0 Å². The first-order valence-electron chi connectivity index (χ1n) is 9.14. The van der Waals surface area contributed by atoms with Gasteiger partial charge in [-0.15, -0.1) is 24.5 Å². The number of carbonyl (C=O) groups excluding carboxylic acids is 1. The molecule has 0 unspecified atom stereocenters. The smallest absolute Gasteiger partial charge is 0.406 e. The van der Waals surface area contributed by atoms with E-state index in [1.807, 2.05) is 6.92 Å². The van der Waals surface area contributed by atoms with E-state index in [2.05, 4.69) is 19.9 Å². The summed E-state index contributed by atoms with van der Waals surface area (Å²) >= 11 is 1.38. The molecule has 0 aliphatic rings. The predicted molar refractivity (Wildman–Crippen MR) is 111 cm³/mol. The first-order valence-corrected chi connectivity index (χ1v) is 11.4. The van der Waals surface area contributed by atoms with Gasteiger partial charge in [0.05, 0.1) is 10.3 Å². The van der Waals surface area contributed by atoms with Crippen LogP contribution in [-0.4, -0.2) is 36.9 Å². The van der Waals surface area contributed by atoms with Gasteiger partial charge in [0.15, 0.2) is 0 Å². The summed E-state index contributed by atoms with van der Waals surface area (Å²) in [7, 11) is -4.07. The summed E-state index contributed by atoms with van der Waals surface area (Å²) in [6.07, 6.45) is -3.28. The van der Waals surface area contributed by atoms with Gasteiger partial charge in [0.25, 0.3) is 5.56 Å². The Morgan fingerprint density at radius 2 is 1.94 bits per heavy atom. The van der Waals surface area contributed by atoms with E-state index in [0.717, 1.165) is 40.2 Å². The van der Waals surface area contributed by atoms with Crippen molar-refractivity contribution < 1.29 is 31.1 Å². The number of halogens is 3.